The maximum atomic E-state index is 12.0. The van der Waals surface area contributed by atoms with Gasteiger partial charge in [-0.15, -0.1) is 35.3 Å². The Morgan fingerprint density at radius 2 is 1.93 bits per heavy atom. The number of nitrogens with one attached hydrogen (secondary N) is 3. The van der Waals surface area contributed by atoms with E-state index in [1.165, 1.54) is 4.88 Å². The number of halogens is 1. The highest BCUT2D eigenvalue weighted by Crippen LogP contribution is 2.12. The van der Waals surface area contributed by atoms with Crippen LogP contribution in [0.25, 0.3) is 0 Å². The molecule has 0 saturated carbocycles. The van der Waals surface area contributed by atoms with Gasteiger partial charge in [0.25, 0.3) is 0 Å². The predicted octanol–water partition coefficient (Wildman–Crippen LogP) is 2.31. The van der Waals surface area contributed by atoms with Crippen LogP contribution in [-0.4, -0.2) is 37.6 Å². The molecule has 27 heavy (non-hydrogen) atoms. The summed E-state index contributed by atoms with van der Waals surface area (Å²) >= 11 is 1.67. The molecule has 0 fully saturated rings. The highest BCUT2D eigenvalue weighted by Gasteiger charge is 2.05. The molecule has 0 unspecified atom stereocenters. The van der Waals surface area contributed by atoms with Crippen molar-refractivity contribution in [1.29, 1.82) is 0 Å². The molecule has 1 heterocycles. The third-order valence-electron chi connectivity index (χ3n) is 3.65. The third kappa shape index (κ3) is 8.12. The molecule has 1 aromatic heterocycles. The second-order valence-corrected chi connectivity index (χ2v) is 6.68. The van der Waals surface area contributed by atoms with Gasteiger partial charge in [-0.25, -0.2) is 4.98 Å². The van der Waals surface area contributed by atoms with Gasteiger partial charge in [-0.3, -0.25) is 9.79 Å². The molecule has 9 heteroatoms. The van der Waals surface area contributed by atoms with Gasteiger partial charge in [0.2, 0.25) is 5.91 Å². The minimum atomic E-state index is -0.105. The van der Waals surface area contributed by atoms with Crippen LogP contribution in [0.2, 0.25) is 0 Å². The number of aromatic nitrogens is 1. The van der Waals surface area contributed by atoms with Crippen LogP contribution in [-0.2, 0) is 24.3 Å². The number of aliphatic imine (C=N–C) groups is 1. The number of hydrogen-bond acceptors (Lipinski definition) is 5. The summed E-state index contributed by atoms with van der Waals surface area (Å²) in [6, 6.07) is 7.58. The Kier molecular flexibility index (Phi) is 10.7. The molecule has 0 bridgehead atoms. The van der Waals surface area contributed by atoms with E-state index in [2.05, 4.69) is 32.9 Å². The predicted molar refractivity (Wildman–Crippen MR) is 120 cm³/mol. The lowest BCUT2D eigenvalue weighted by Crippen LogP contribution is -2.42. The molecule has 0 saturated heterocycles. The first-order valence-electron chi connectivity index (χ1n) is 8.42. The average Bonchev–Trinajstić information content (AvgIpc) is 3.15. The Labute approximate surface area is 181 Å². The van der Waals surface area contributed by atoms with Crippen LogP contribution < -0.4 is 20.7 Å². The molecule has 1 aromatic carbocycles. The number of nitrogens with zero attached hydrogens (tertiary/aromatic N) is 2. The van der Waals surface area contributed by atoms with E-state index in [4.69, 9.17) is 4.74 Å². The van der Waals surface area contributed by atoms with Gasteiger partial charge in [-0.05, 0) is 24.1 Å². The van der Waals surface area contributed by atoms with E-state index in [1.54, 1.807) is 25.5 Å². The zero-order chi connectivity index (χ0) is 18.8. The number of thiazole rings is 1. The zero-order valence-electron chi connectivity index (χ0n) is 15.7. The maximum absolute atomic E-state index is 12.0. The first-order valence-corrected chi connectivity index (χ1v) is 9.24. The van der Waals surface area contributed by atoms with E-state index in [-0.39, 0.29) is 36.4 Å². The molecule has 2 rings (SSSR count). The summed E-state index contributed by atoms with van der Waals surface area (Å²) < 4.78 is 5.11. The summed E-state index contributed by atoms with van der Waals surface area (Å²) in [4.78, 5) is 21.7. The minimum Gasteiger partial charge on any atom is -0.497 e. The summed E-state index contributed by atoms with van der Waals surface area (Å²) in [6.45, 7) is 3.30. The maximum Gasteiger partial charge on any atom is 0.239 e. The molecule has 0 atom stereocenters. The van der Waals surface area contributed by atoms with Crippen LogP contribution in [0.15, 0.2) is 35.5 Å². The largest absolute Gasteiger partial charge is 0.497 e. The molecule has 3 N–H and O–H groups in total. The number of amides is 1. The number of methoxy groups -OCH3 is 1. The van der Waals surface area contributed by atoms with Crippen molar-refractivity contribution in [2.45, 2.75) is 26.4 Å². The van der Waals surface area contributed by atoms with Crippen molar-refractivity contribution in [2.24, 2.45) is 4.99 Å². The van der Waals surface area contributed by atoms with Crippen molar-refractivity contribution in [3.8, 4) is 5.75 Å². The van der Waals surface area contributed by atoms with Crippen molar-refractivity contribution in [1.82, 2.24) is 20.9 Å². The molecular weight excluding hydrogens is 477 g/mol. The van der Waals surface area contributed by atoms with Gasteiger partial charge in [-0.2, -0.15) is 0 Å². The number of ether oxygens (including phenoxy) is 1. The van der Waals surface area contributed by atoms with Crippen LogP contribution in [0, 0.1) is 0 Å². The summed E-state index contributed by atoms with van der Waals surface area (Å²) in [7, 11) is 3.30. The van der Waals surface area contributed by atoms with E-state index in [1.807, 2.05) is 30.5 Å². The number of carbonyl (C=O) groups excluding carboxylic acids is 1. The summed E-state index contributed by atoms with van der Waals surface area (Å²) in [5.74, 6) is 1.26. The molecule has 0 radical (unpaired) electrons. The molecule has 1 amide bonds. The Morgan fingerprint density at radius 3 is 2.52 bits per heavy atom. The molecule has 0 spiro atoms. The topological polar surface area (TPSA) is 87.6 Å². The van der Waals surface area contributed by atoms with Gasteiger partial charge in [0, 0.05) is 24.7 Å². The zero-order valence-corrected chi connectivity index (χ0v) is 18.9. The first-order chi connectivity index (χ1) is 12.6. The van der Waals surface area contributed by atoms with E-state index >= 15 is 0 Å². The normalized spacial score (nSPS) is 10.7. The average molecular weight is 503 g/mol. The molecule has 0 aliphatic carbocycles. The number of guanidine groups is 1. The van der Waals surface area contributed by atoms with Crippen molar-refractivity contribution in [2.75, 3.05) is 20.7 Å². The van der Waals surface area contributed by atoms with Crippen LogP contribution in [0.3, 0.4) is 0 Å². The molecule has 2 aromatic rings. The number of rotatable bonds is 8. The third-order valence-corrected chi connectivity index (χ3v) is 4.79. The van der Waals surface area contributed by atoms with E-state index in [9.17, 15) is 4.79 Å². The second kappa shape index (κ2) is 12.5. The minimum absolute atomic E-state index is 0. The first kappa shape index (κ1) is 23.2. The second-order valence-electron chi connectivity index (χ2n) is 5.48. The van der Waals surface area contributed by atoms with Gasteiger partial charge in [-0.1, -0.05) is 19.1 Å². The highest BCUT2D eigenvalue weighted by atomic mass is 127. The molecule has 148 valence electrons. The van der Waals surface area contributed by atoms with Gasteiger partial charge in [0.05, 0.1) is 20.2 Å². The summed E-state index contributed by atoms with van der Waals surface area (Å²) in [6.07, 6.45) is 2.88. The number of benzene rings is 1. The monoisotopic (exact) mass is 503 g/mol. The Hall–Kier alpha value is -1.88. The standard InChI is InChI=1S/C18H25N5O2S.HI/c1-4-15-10-21-17(26-15)12-23-18(19-2)22-11-16(24)20-9-13-5-7-14(25-3)8-6-13;/h5-8,10H,4,9,11-12H2,1-3H3,(H,20,24)(H2,19,22,23);1H. The summed E-state index contributed by atoms with van der Waals surface area (Å²) in [5, 5.41) is 10.0. The van der Waals surface area contributed by atoms with Crippen LogP contribution in [0.5, 0.6) is 5.75 Å². The molecule has 0 aliphatic heterocycles. The van der Waals surface area contributed by atoms with Crippen molar-refractivity contribution >= 4 is 47.2 Å². The fourth-order valence-corrected chi connectivity index (χ4v) is 2.95. The van der Waals surface area contributed by atoms with Crippen LogP contribution in [0.1, 0.15) is 22.4 Å². The summed E-state index contributed by atoms with van der Waals surface area (Å²) in [5.41, 5.74) is 1.01. The van der Waals surface area contributed by atoms with Gasteiger partial charge in [0.15, 0.2) is 5.96 Å². The van der Waals surface area contributed by atoms with Crippen molar-refractivity contribution in [3.63, 3.8) is 0 Å². The van der Waals surface area contributed by atoms with Gasteiger partial charge < -0.3 is 20.7 Å². The van der Waals surface area contributed by atoms with Crippen LogP contribution in [0.4, 0.5) is 0 Å². The number of hydrogen-bond donors (Lipinski definition) is 3. The highest BCUT2D eigenvalue weighted by molar-refractivity contribution is 14.0. The van der Waals surface area contributed by atoms with Crippen LogP contribution >= 0.6 is 35.3 Å². The van der Waals surface area contributed by atoms with E-state index in [0.717, 1.165) is 22.7 Å². The Bertz CT molecular complexity index is 734. The lowest BCUT2D eigenvalue weighted by atomic mass is 10.2. The number of carbonyl (C=O) groups is 1. The van der Waals surface area contributed by atoms with E-state index < -0.39 is 0 Å². The fourth-order valence-electron chi connectivity index (χ4n) is 2.14. The number of aryl methyl sites for hydroxylation is 1. The lowest BCUT2D eigenvalue weighted by molar-refractivity contribution is -0.120. The SMILES string of the molecule is CCc1cnc(CNC(=NC)NCC(=O)NCc2ccc(OC)cc2)s1.I. The molecule has 7 nitrogen and oxygen atoms in total. The quantitative estimate of drug-likeness (QED) is 0.293. The Morgan fingerprint density at radius 1 is 1.19 bits per heavy atom. The molecular formula is C18H26IN5O2S. The van der Waals surface area contributed by atoms with Gasteiger partial charge >= 0.3 is 0 Å². The molecule has 0 aliphatic rings. The van der Waals surface area contributed by atoms with Crippen molar-refractivity contribution in [3.05, 3.63) is 45.9 Å². The fraction of sp³-hybridized carbons (Fsp3) is 0.389. The lowest BCUT2D eigenvalue weighted by Gasteiger charge is -2.11. The van der Waals surface area contributed by atoms with Gasteiger partial charge in [0.1, 0.15) is 10.8 Å². The Balaban J connectivity index is 0.00000364. The van der Waals surface area contributed by atoms with E-state index in [0.29, 0.717) is 19.0 Å². The van der Waals surface area contributed by atoms with Crippen molar-refractivity contribution < 1.29 is 9.53 Å². The smallest absolute Gasteiger partial charge is 0.239 e.